The summed E-state index contributed by atoms with van der Waals surface area (Å²) in [5, 5.41) is 0. The molecule has 0 saturated carbocycles. The number of aromatic nitrogens is 1. The van der Waals surface area contributed by atoms with Gasteiger partial charge in [0, 0.05) is 18.8 Å². The van der Waals surface area contributed by atoms with Gasteiger partial charge in [0.2, 0.25) is 0 Å². The van der Waals surface area contributed by atoms with E-state index in [1.54, 1.807) is 36.5 Å². The molecule has 1 aromatic carbocycles. The fourth-order valence-electron chi connectivity index (χ4n) is 3.74. The topological polar surface area (TPSA) is 110 Å². The molecule has 3 heterocycles. The third kappa shape index (κ3) is 5.37. The number of para-hydroxylation sites is 1. The highest BCUT2D eigenvalue weighted by molar-refractivity contribution is 5.93. The van der Waals surface area contributed by atoms with E-state index in [0.717, 1.165) is 6.42 Å². The average molecular weight is 455 g/mol. The van der Waals surface area contributed by atoms with Crippen LogP contribution in [0.3, 0.4) is 0 Å². The molecule has 0 radical (unpaired) electrons. The van der Waals surface area contributed by atoms with E-state index in [9.17, 15) is 14.4 Å². The van der Waals surface area contributed by atoms with Gasteiger partial charge in [0.1, 0.15) is 23.5 Å². The number of fused-ring (bicyclic) bond motifs is 1. The maximum atomic E-state index is 12.8. The highest BCUT2D eigenvalue weighted by Crippen LogP contribution is 2.32. The number of hydrogen-bond donors (Lipinski definition) is 0. The molecule has 9 heteroatoms. The van der Waals surface area contributed by atoms with Crippen molar-refractivity contribution in [1.82, 2.24) is 4.98 Å². The van der Waals surface area contributed by atoms with E-state index in [0.29, 0.717) is 12.0 Å². The minimum absolute atomic E-state index is 0.0977. The van der Waals surface area contributed by atoms with Crippen LogP contribution in [0.2, 0.25) is 0 Å². The number of hydrogen-bond acceptors (Lipinski definition) is 9. The lowest BCUT2D eigenvalue weighted by atomic mass is 10.1. The summed E-state index contributed by atoms with van der Waals surface area (Å²) >= 11 is 0. The van der Waals surface area contributed by atoms with Crippen molar-refractivity contribution in [3.63, 3.8) is 0 Å². The Balaban J connectivity index is 1.36. The molecule has 0 amide bonds. The van der Waals surface area contributed by atoms with Crippen molar-refractivity contribution in [2.75, 3.05) is 13.2 Å². The van der Waals surface area contributed by atoms with Crippen molar-refractivity contribution in [3.05, 3.63) is 59.9 Å². The summed E-state index contributed by atoms with van der Waals surface area (Å²) < 4.78 is 28.0. The molecule has 2 aromatic rings. The number of benzene rings is 1. The molecule has 33 heavy (non-hydrogen) atoms. The van der Waals surface area contributed by atoms with Gasteiger partial charge in [0.15, 0.2) is 12.2 Å². The van der Waals surface area contributed by atoms with E-state index in [2.05, 4.69) is 4.98 Å². The third-order valence-corrected chi connectivity index (χ3v) is 5.44. The fraction of sp³-hybridized carbons (Fsp3) is 0.417. The van der Waals surface area contributed by atoms with E-state index in [1.807, 2.05) is 6.92 Å². The Morgan fingerprint density at radius 1 is 0.970 bits per heavy atom. The summed E-state index contributed by atoms with van der Waals surface area (Å²) in [7, 11) is 0. The van der Waals surface area contributed by atoms with Gasteiger partial charge in [0.25, 0.3) is 0 Å². The van der Waals surface area contributed by atoms with Gasteiger partial charge in [0.05, 0.1) is 18.8 Å². The fourth-order valence-corrected chi connectivity index (χ4v) is 3.74. The number of carbonyl (C=O) groups excluding carboxylic acids is 3. The zero-order valence-electron chi connectivity index (χ0n) is 18.2. The molecule has 1 aromatic heterocycles. The predicted molar refractivity (Wildman–Crippen MR) is 114 cm³/mol. The lowest BCUT2D eigenvalue weighted by Crippen LogP contribution is -2.36. The number of ether oxygens (including phenoxy) is 5. The van der Waals surface area contributed by atoms with Crippen LogP contribution in [0, 0.1) is 0 Å². The molecule has 174 valence electrons. The minimum atomic E-state index is -0.687. The number of nitrogens with zero attached hydrogens (tertiary/aromatic N) is 1. The molecule has 9 nitrogen and oxygen atoms in total. The number of rotatable bonds is 8. The molecule has 0 bridgehead atoms. The van der Waals surface area contributed by atoms with Crippen molar-refractivity contribution >= 4 is 17.9 Å². The first-order chi connectivity index (χ1) is 16.1. The quantitative estimate of drug-likeness (QED) is 0.438. The van der Waals surface area contributed by atoms with E-state index < -0.39 is 42.3 Å². The predicted octanol–water partition coefficient (Wildman–Crippen LogP) is 2.73. The molecular formula is C24H25NO8. The van der Waals surface area contributed by atoms with Crippen molar-refractivity contribution in [1.29, 1.82) is 0 Å². The van der Waals surface area contributed by atoms with Crippen LogP contribution in [0.4, 0.5) is 0 Å². The van der Waals surface area contributed by atoms with E-state index >= 15 is 0 Å². The summed E-state index contributed by atoms with van der Waals surface area (Å²) in [5.41, 5.74) is 0.468. The van der Waals surface area contributed by atoms with Crippen molar-refractivity contribution < 1.29 is 38.1 Å². The zero-order chi connectivity index (χ0) is 23.2. The first-order valence-electron chi connectivity index (χ1n) is 10.9. The summed E-state index contributed by atoms with van der Waals surface area (Å²) in [6.07, 6.45) is 2.39. The van der Waals surface area contributed by atoms with Crippen LogP contribution in [0.25, 0.3) is 0 Å². The summed E-state index contributed by atoms with van der Waals surface area (Å²) in [6.45, 7) is 2.20. The van der Waals surface area contributed by atoms with Gasteiger partial charge in [-0.2, -0.15) is 0 Å². The normalized spacial score (nSPS) is 23.5. The Hall–Kier alpha value is -3.30. The first kappa shape index (κ1) is 22.9. The summed E-state index contributed by atoms with van der Waals surface area (Å²) in [5.74, 6) is -1.43. The van der Waals surface area contributed by atoms with Crippen LogP contribution in [-0.4, -0.2) is 60.5 Å². The Morgan fingerprint density at radius 2 is 1.67 bits per heavy atom. The maximum absolute atomic E-state index is 12.8. The highest BCUT2D eigenvalue weighted by Gasteiger charge is 2.51. The van der Waals surface area contributed by atoms with Gasteiger partial charge in [-0.05, 0) is 30.7 Å². The second-order valence-electron chi connectivity index (χ2n) is 7.80. The molecule has 0 N–H and O–H groups in total. The highest BCUT2D eigenvalue weighted by atomic mass is 16.7. The zero-order valence-corrected chi connectivity index (χ0v) is 18.2. The number of unbranched alkanes of at least 4 members (excludes halogenated alkanes) is 1. The Labute approximate surface area is 190 Å². The van der Waals surface area contributed by atoms with E-state index in [4.69, 9.17) is 23.7 Å². The lowest BCUT2D eigenvalue weighted by Gasteiger charge is -2.18. The van der Waals surface area contributed by atoms with Gasteiger partial charge in [-0.3, -0.25) is 9.78 Å². The molecule has 4 rings (SSSR count). The van der Waals surface area contributed by atoms with Gasteiger partial charge >= 0.3 is 17.9 Å². The van der Waals surface area contributed by atoms with Crippen molar-refractivity contribution in [2.45, 2.75) is 50.6 Å². The second kappa shape index (κ2) is 10.5. The average Bonchev–Trinajstić information content (AvgIpc) is 3.42. The molecule has 2 saturated heterocycles. The van der Waals surface area contributed by atoms with Crippen LogP contribution in [-0.2, 0) is 23.7 Å². The molecule has 4 atom stereocenters. The Bertz CT molecular complexity index is 995. The van der Waals surface area contributed by atoms with Crippen LogP contribution < -0.4 is 4.74 Å². The molecule has 0 unspecified atom stereocenters. The van der Waals surface area contributed by atoms with E-state index in [1.165, 1.54) is 12.3 Å². The van der Waals surface area contributed by atoms with Crippen LogP contribution in [0.1, 0.15) is 46.9 Å². The summed E-state index contributed by atoms with van der Waals surface area (Å²) in [4.78, 5) is 41.1. The Kier molecular flexibility index (Phi) is 7.31. The lowest BCUT2D eigenvalue weighted by molar-refractivity contribution is -0.134. The van der Waals surface area contributed by atoms with Crippen LogP contribution >= 0.6 is 0 Å². The number of pyridine rings is 1. The molecular weight excluding hydrogens is 430 g/mol. The maximum Gasteiger partial charge on any atom is 0.342 e. The molecule has 0 spiro atoms. The van der Waals surface area contributed by atoms with E-state index in [-0.39, 0.29) is 30.9 Å². The first-order valence-corrected chi connectivity index (χ1v) is 10.9. The minimum Gasteiger partial charge on any atom is -0.453 e. The third-order valence-electron chi connectivity index (χ3n) is 5.44. The Morgan fingerprint density at radius 3 is 2.33 bits per heavy atom. The molecule has 2 aliphatic rings. The van der Waals surface area contributed by atoms with Crippen LogP contribution in [0.15, 0.2) is 48.8 Å². The second-order valence-corrected chi connectivity index (χ2v) is 7.80. The van der Waals surface area contributed by atoms with Gasteiger partial charge in [-0.1, -0.05) is 25.5 Å². The monoisotopic (exact) mass is 455 g/mol. The largest absolute Gasteiger partial charge is 0.453 e. The van der Waals surface area contributed by atoms with Crippen molar-refractivity contribution in [3.8, 4) is 5.75 Å². The number of esters is 3. The van der Waals surface area contributed by atoms with Gasteiger partial charge in [-0.25, -0.2) is 9.59 Å². The standard InChI is InChI=1S/C24H25NO8/c1-2-3-10-20(26)31-17-9-5-4-8-16(17)24(28)33-19-14-30-21-18(13-29-22(19)21)32-23(27)15-7-6-11-25-12-15/h4-9,11-12,18-19,21-22H,2-3,10,13-14H2,1H3/t18-,19+,21-,22-/m1/s1. The van der Waals surface area contributed by atoms with Crippen molar-refractivity contribution in [2.24, 2.45) is 0 Å². The number of carbonyl (C=O) groups is 3. The van der Waals surface area contributed by atoms with Gasteiger partial charge < -0.3 is 23.7 Å². The summed E-state index contributed by atoms with van der Waals surface area (Å²) in [6, 6.07) is 9.67. The molecule has 2 aliphatic heterocycles. The molecule has 2 fully saturated rings. The van der Waals surface area contributed by atoms with Crippen LogP contribution in [0.5, 0.6) is 5.75 Å². The molecule has 0 aliphatic carbocycles. The SMILES string of the molecule is CCCCC(=O)Oc1ccccc1C(=O)O[C@H]1CO[C@H]2[C@@H]1OC[C@H]2OC(=O)c1cccnc1. The van der Waals surface area contributed by atoms with Gasteiger partial charge in [-0.15, -0.1) is 0 Å². The smallest absolute Gasteiger partial charge is 0.342 e.